The predicted molar refractivity (Wildman–Crippen MR) is 78.6 cm³/mol. The number of hydrogen-bond donors (Lipinski definition) is 3. The number of amides is 1. The summed E-state index contributed by atoms with van der Waals surface area (Å²) in [5.74, 6) is -1.14. The quantitative estimate of drug-likeness (QED) is 0.335. The lowest BCUT2D eigenvalue weighted by atomic mass is 10.0. The standard InChI is InChI=1S/C14H18F3N3O4/c1-13(2,3)24-12(21)19-10(11(18)20-22)8-6-4-5-7-9(8)23-14(15,16)17/h4-7,10,22H,1-3H3,(H2,18,20)(H,19,21)/t10-/m0/s1. The van der Waals surface area contributed by atoms with E-state index in [-0.39, 0.29) is 5.56 Å². The van der Waals surface area contributed by atoms with Crippen molar-refractivity contribution >= 4 is 11.9 Å². The summed E-state index contributed by atoms with van der Waals surface area (Å²) in [6, 6.07) is 3.61. The minimum absolute atomic E-state index is 0.156. The third kappa shape index (κ3) is 6.23. The number of para-hydroxylation sites is 1. The van der Waals surface area contributed by atoms with Gasteiger partial charge in [0.05, 0.1) is 0 Å². The molecule has 0 saturated heterocycles. The molecule has 134 valence electrons. The molecule has 1 aromatic carbocycles. The fourth-order valence-electron chi connectivity index (χ4n) is 1.73. The lowest BCUT2D eigenvalue weighted by Crippen LogP contribution is -2.41. The third-order valence-corrected chi connectivity index (χ3v) is 2.53. The van der Waals surface area contributed by atoms with Crippen molar-refractivity contribution in [1.29, 1.82) is 0 Å². The molecule has 1 rings (SSSR count). The number of alkyl halides is 3. The molecule has 7 nitrogen and oxygen atoms in total. The Labute approximate surface area is 136 Å². The van der Waals surface area contributed by atoms with Gasteiger partial charge in [-0.15, -0.1) is 13.2 Å². The molecule has 0 spiro atoms. The fourth-order valence-corrected chi connectivity index (χ4v) is 1.73. The number of rotatable bonds is 4. The lowest BCUT2D eigenvalue weighted by molar-refractivity contribution is -0.274. The van der Waals surface area contributed by atoms with E-state index in [9.17, 15) is 18.0 Å². The lowest BCUT2D eigenvalue weighted by Gasteiger charge is -2.24. The highest BCUT2D eigenvalue weighted by atomic mass is 19.4. The van der Waals surface area contributed by atoms with Gasteiger partial charge in [0.1, 0.15) is 17.4 Å². The van der Waals surface area contributed by atoms with Gasteiger partial charge in [0.15, 0.2) is 5.84 Å². The summed E-state index contributed by atoms with van der Waals surface area (Å²) >= 11 is 0. The van der Waals surface area contributed by atoms with Gasteiger partial charge in [-0.25, -0.2) is 4.79 Å². The summed E-state index contributed by atoms with van der Waals surface area (Å²) < 4.78 is 46.4. The van der Waals surface area contributed by atoms with Crippen molar-refractivity contribution in [3.63, 3.8) is 0 Å². The van der Waals surface area contributed by atoms with Crippen LogP contribution in [0.25, 0.3) is 0 Å². The number of nitrogens with two attached hydrogens (primary N) is 1. The Morgan fingerprint density at radius 1 is 1.29 bits per heavy atom. The van der Waals surface area contributed by atoms with E-state index >= 15 is 0 Å². The van der Waals surface area contributed by atoms with Crippen LogP contribution >= 0.6 is 0 Å². The van der Waals surface area contributed by atoms with E-state index in [4.69, 9.17) is 15.7 Å². The Kier molecular flexibility index (Phi) is 5.88. The summed E-state index contributed by atoms with van der Waals surface area (Å²) in [5, 5.41) is 13.8. The number of oxime groups is 1. The Balaban J connectivity index is 3.17. The summed E-state index contributed by atoms with van der Waals surface area (Å²) in [6.07, 6.45) is -5.90. The number of ether oxygens (including phenoxy) is 2. The largest absolute Gasteiger partial charge is 0.573 e. The van der Waals surface area contributed by atoms with E-state index in [1.807, 2.05) is 0 Å². The van der Waals surface area contributed by atoms with Gasteiger partial charge in [-0.3, -0.25) is 0 Å². The highest BCUT2D eigenvalue weighted by Gasteiger charge is 2.34. The highest BCUT2D eigenvalue weighted by molar-refractivity contribution is 5.90. The first kappa shape index (κ1) is 19.4. The van der Waals surface area contributed by atoms with Crippen molar-refractivity contribution in [1.82, 2.24) is 5.32 Å². The van der Waals surface area contributed by atoms with E-state index in [0.29, 0.717) is 0 Å². The van der Waals surface area contributed by atoms with Crippen molar-refractivity contribution in [2.24, 2.45) is 10.9 Å². The van der Waals surface area contributed by atoms with Crippen LogP contribution in [-0.4, -0.2) is 29.1 Å². The van der Waals surface area contributed by atoms with Crippen LogP contribution in [-0.2, 0) is 4.74 Å². The number of nitrogens with one attached hydrogen (secondary N) is 1. The zero-order valence-electron chi connectivity index (χ0n) is 13.2. The summed E-state index contributed by atoms with van der Waals surface area (Å²) in [6.45, 7) is 4.81. The minimum Gasteiger partial charge on any atom is -0.444 e. The molecule has 0 aliphatic rings. The zero-order chi connectivity index (χ0) is 18.5. The second kappa shape index (κ2) is 7.28. The summed E-state index contributed by atoms with van der Waals surface area (Å²) in [5.41, 5.74) is 4.48. The number of nitrogens with zero attached hydrogens (tertiary/aromatic N) is 1. The van der Waals surface area contributed by atoms with Crippen molar-refractivity contribution < 1.29 is 32.6 Å². The monoisotopic (exact) mass is 349 g/mol. The molecule has 24 heavy (non-hydrogen) atoms. The first-order chi connectivity index (χ1) is 10.9. The normalized spacial score (nSPS) is 14.0. The number of carbonyl (C=O) groups excluding carboxylic acids is 1. The molecule has 0 bridgehead atoms. The maximum atomic E-state index is 12.5. The average Bonchev–Trinajstić information content (AvgIpc) is 2.41. The number of carbonyl (C=O) groups is 1. The Morgan fingerprint density at radius 2 is 1.88 bits per heavy atom. The summed E-state index contributed by atoms with van der Waals surface area (Å²) in [4.78, 5) is 11.9. The van der Waals surface area contributed by atoms with Gasteiger partial charge >= 0.3 is 12.5 Å². The molecule has 0 aromatic heterocycles. The average molecular weight is 349 g/mol. The van der Waals surface area contributed by atoms with Gasteiger partial charge < -0.3 is 25.7 Å². The molecule has 1 atom stereocenters. The molecule has 0 aliphatic heterocycles. The maximum absolute atomic E-state index is 12.5. The molecule has 0 radical (unpaired) electrons. The van der Waals surface area contributed by atoms with Gasteiger partial charge in [-0.1, -0.05) is 23.4 Å². The van der Waals surface area contributed by atoms with Crippen LogP contribution in [0.4, 0.5) is 18.0 Å². The van der Waals surface area contributed by atoms with Gasteiger partial charge in [0.2, 0.25) is 0 Å². The second-order valence-corrected chi connectivity index (χ2v) is 5.69. The minimum atomic E-state index is -4.95. The molecular formula is C14H18F3N3O4. The number of amidine groups is 1. The van der Waals surface area contributed by atoms with Crippen molar-refractivity contribution in [2.45, 2.75) is 38.8 Å². The third-order valence-electron chi connectivity index (χ3n) is 2.53. The van der Waals surface area contributed by atoms with Gasteiger partial charge in [0, 0.05) is 5.56 Å². The van der Waals surface area contributed by atoms with Gasteiger partial charge in [-0.05, 0) is 26.8 Å². The number of benzene rings is 1. The Bertz CT molecular complexity index is 612. The van der Waals surface area contributed by atoms with Crippen LogP contribution in [0.1, 0.15) is 32.4 Å². The first-order valence-corrected chi connectivity index (χ1v) is 6.74. The predicted octanol–water partition coefficient (Wildman–Crippen LogP) is 2.90. The topological polar surface area (TPSA) is 106 Å². The summed E-state index contributed by atoms with van der Waals surface area (Å²) in [7, 11) is 0. The molecule has 4 N–H and O–H groups in total. The molecule has 0 saturated carbocycles. The zero-order valence-corrected chi connectivity index (χ0v) is 13.2. The molecule has 0 fully saturated rings. The van der Waals surface area contributed by atoms with Crippen molar-refractivity contribution in [3.8, 4) is 5.75 Å². The van der Waals surface area contributed by atoms with Crippen LogP contribution in [0, 0.1) is 0 Å². The first-order valence-electron chi connectivity index (χ1n) is 6.74. The molecule has 0 aliphatic carbocycles. The van der Waals surface area contributed by atoms with E-state index < -0.39 is 35.7 Å². The molecule has 1 aromatic rings. The maximum Gasteiger partial charge on any atom is 0.573 e. The number of alkyl carbamates (subject to hydrolysis) is 1. The van der Waals surface area contributed by atoms with Crippen LogP contribution < -0.4 is 15.8 Å². The van der Waals surface area contributed by atoms with Crippen LogP contribution in [0.2, 0.25) is 0 Å². The van der Waals surface area contributed by atoms with Crippen LogP contribution in [0.3, 0.4) is 0 Å². The smallest absolute Gasteiger partial charge is 0.444 e. The van der Waals surface area contributed by atoms with Gasteiger partial charge in [-0.2, -0.15) is 0 Å². The molecular weight excluding hydrogens is 331 g/mol. The van der Waals surface area contributed by atoms with E-state index in [0.717, 1.165) is 6.07 Å². The second-order valence-electron chi connectivity index (χ2n) is 5.69. The Morgan fingerprint density at radius 3 is 2.38 bits per heavy atom. The fraction of sp³-hybridized carbons (Fsp3) is 0.429. The van der Waals surface area contributed by atoms with Gasteiger partial charge in [0.25, 0.3) is 0 Å². The number of hydrogen-bond acceptors (Lipinski definition) is 5. The Hall–Kier alpha value is -2.65. The molecule has 0 heterocycles. The molecule has 10 heteroatoms. The molecule has 0 unspecified atom stereocenters. The van der Waals surface area contributed by atoms with Crippen molar-refractivity contribution in [3.05, 3.63) is 29.8 Å². The number of halogens is 3. The van der Waals surface area contributed by atoms with E-state index in [1.165, 1.54) is 18.2 Å². The van der Waals surface area contributed by atoms with Crippen molar-refractivity contribution in [2.75, 3.05) is 0 Å². The highest BCUT2D eigenvalue weighted by Crippen LogP contribution is 2.30. The van der Waals surface area contributed by atoms with Crippen LogP contribution in [0.5, 0.6) is 5.75 Å². The van der Waals surface area contributed by atoms with E-state index in [1.54, 1.807) is 20.8 Å². The van der Waals surface area contributed by atoms with E-state index in [2.05, 4.69) is 15.2 Å². The van der Waals surface area contributed by atoms with Crippen LogP contribution in [0.15, 0.2) is 29.4 Å². The molecule has 1 amide bonds. The SMILES string of the molecule is CC(C)(C)OC(=O)N[C@H](/C(N)=N/O)c1ccccc1OC(F)(F)F.